The van der Waals surface area contributed by atoms with Crippen LogP contribution in [0.15, 0.2) is 29.6 Å². The van der Waals surface area contributed by atoms with Crippen LogP contribution in [-0.2, 0) is 11.2 Å². The number of hydrazine groups is 2. The van der Waals surface area contributed by atoms with Crippen molar-refractivity contribution >= 4 is 19.0 Å². The van der Waals surface area contributed by atoms with E-state index in [1.165, 1.54) is 6.07 Å². The first-order chi connectivity index (χ1) is 14.7. The number of nitrogens with one attached hydrogen (secondary N) is 3. The number of carboxylic acid groups (broad SMARTS) is 1. The standard InChI is InChI=1S/C19H29BN6O5/c1-24(2)9-14-15(10-25(3)4)26(23-22-14)11-17(27)21-16-8-12-6-5-7-13(19(28)29)18(12)31-20(16)30/h5-7,16,22-23,30H,8-11H2,1-4H3,(H,21,27)(H,28,29)/t16-/m0/s1. The highest BCUT2D eigenvalue weighted by molar-refractivity contribution is 6.47. The second kappa shape index (κ2) is 9.56. The van der Waals surface area contributed by atoms with E-state index in [9.17, 15) is 19.7 Å². The predicted molar refractivity (Wildman–Crippen MR) is 115 cm³/mol. The number of hydrogen-bond donors (Lipinski definition) is 5. The molecule has 2 aliphatic heterocycles. The molecular weight excluding hydrogens is 403 g/mol. The number of likely N-dealkylation sites (N-methyl/N-ethyl adjacent to an activating group) is 2. The highest BCUT2D eigenvalue weighted by Crippen LogP contribution is 2.30. The van der Waals surface area contributed by atoms with Gasteiger partial charge in [-0.05, 0) is 46.2 Å². The summed E-state index contributed by atoms with van der Waals surface area (Å²) in [5.41, 5.74) is 8.67. The quantitative estimate of drug-likeness (QED) is 0.309. The van der Waals surface area contributed by atoms with Crippen LogP contribution in [0.5, 0.6) is 5.75 Å². The maximum atomic E-state index is 12.7. The van der Waals surface area contributed by atoms with Crippen LogP contribution >= 0.6 is 0 Å². The summed E-state index contributed by atoms with van der Waals surface area (Å²) in [6.07, 6.45) is 0.265. The van der Waals surface area contributed by atoms with Crippen LogP contribution in [0, 0.1) is 0 Å². The van der Waals surface area contributed by atoms with Crippen LogP contribution in [-0.4, -0.2) is 97.7 Å². The number of fused-ring (bicyclic) bond motifs is 1. The summed E-state index contributed by atoms with van der Waals surface area (Å²) in [4.78, 5) is 28.1. The van der Waals surface area contributed by atoms with Crippen molar-refractivity contribution in [2.45, 2.75) is 12.4 Å². The third-order valence-electron chi connectivity index (χ3n) is 4.95. The summed E-state index contributed by atoms with van der Waals surface area (Å²) in [5, 5.41) is 24.2. The molecule has 0 bridgehead atoms. The monoisotopic (exact) mass is 432 g/mol. The molecule has 1 amide bonds. The molecule has 1 atom stereocenters. The smallest absolute Gasteiger partial charge is 0.534 e. The molecule has 0 aromatic heterocycles. The summed E-state index contributed by atoms with van der Waals surface area (Å²) in [7, 11) is 6.50. The van der Waals surface area contributed by atoms with Crippen molar-refractivity contribution < 1.29 is 24.4 Å². The van der Waals surface area contributed by atoms with Crippen molar-refractivity contribution in [3.8, 4) is 5.75 Å². The number of carbonyl (C=O) groups is 2. The van der Waals surface area contributed by atoms with E-state index in [0.29, 0.717) is 18.7 Å². The maximum absolute atomic E-state index is 12.7. The van der Waals surface area contributed by atoms with Crippen LogP contribution in [0.4, 0.5) is 0 Å². The SMILES string of the molecule is CN(C)CC1=C(CN(C)C)N(CC(=O)N[C@H]2Cc3cccc(C(=O)O)c3OB2O)NN1. The molecule has 1 aromatic carbocycles. The lowest BCUT2D eigenvalue weighted by atomic mass is 9.72. The minimum Gasteiger partial charge on any atom is -0.534 e. The summed E-state index contributed by atoms with van der Waals surface area (Å²) >= 11 is 0. The van der Waals surface area contributed by atoms with E-state index in [2.05, 4.69) is 16.3 Å². The molecule has 11 nitrogen and oxygen atoms in total. The van der Waals surface area contributed by atoms with E-state index >= 15 is 0 Å². The van der Waals surface area contributed by atoms with E-state index < -0.39 is 19.0 Å². The molecule has 31 heavy (non-hydrogen) atoms. The van der Waals surface area contributed by atoms with Gasteiger partial charge in [-0.15, -0.1) is 5.53 Å². The molecule has 2 heterocycles. The summed E-state index contributed by atoms with van der Waals surface area (Å²) in [5.74, 6) is -1.99. The fraction of sp³-hybridized carbons (Fsp3) is 0.474. The number of rotatable bonds is 8. The van der Waals surface area contributed by atoms with Gasteiger partial charge < -0.3 is 35.3 Å². The van der Waals surface area contributed by atoms with Crippen LogP contribution in [0.25, 0.3) is 0 Å². The Morgan fingerprint density at radius 1 is 1.26 bits per heavy atom. The zero-order chi connectivity index (χ0) is 22.7. The van der Waals surface area contributed by atoms with Crippen molar-refractivity contribution in [1.82, 2.24) is 31.1 Å². The lowest BCUT2D eigenvalue weighted by Gasteiger charge is -2.30. The normalized spacial score (nSPS) is 18.2. The van der Waals surface area contributed by atoms with E-state index in [1.54, 1.807) is 17.1 Å². The lowest BCUT2D eigenvalue weighted by Crippen LogP contribution is -2.55. The Bertz CT molecular complexity index is 877. The number of carbonyl (C=O) groups excluding carboxylic acids is 1. The zero-order valence-electron chi connectivity index (χ0n) is 18.2. The topological polar surface area (TPSA) is 130 Å². The number of aromatic carboxylic acids is 1. The van der Waals surface area contributed by atoms with Gasteiger partial charge in [-0.1, -0.05) is 12.1 Å². The van der Waals surface area contributed by atoms with Crippen LogP contribution in [0.1, 0.15) is 15.9 Å². The van der Waals surface area contributed by atoms with Crippen molar-refractivity contribution in [2.75, 3.05) is 47.8 Å². The molecule has 0 saturated carbocycles. The molecule has 12 heteroatoms. The highest BCUT2D eigenvalue weighted by Gasteiger charge is 2.38. The molecule has 3 rings (SSSR count). The fourth-order valence-corrected chi connectivity index (χ4v) is 3.61. The van der Waals surface area contributed by atoms with Gasteiger partial charge in [-0.25, -0.2) is 4.79 Å². The third-order valence-corrected chi connectivity index (χ3v) is 4.95. The maximum Gasteiger partial charge on any atom is 0.547 e. The highest BCUT2D eigenvalue weighted by atomic mass is 16.5. The van der Waals surface area contributed by atoms with Crippen LogP contribution in [0.3, 0.4) is 0 Å². The Balaban J connectivity index is 1.67. The van der Waals surface area contributed by atoms with Gasteiger partial charge in [-0.2, -0.15) is 0 Å². The molecule has 2 aliphatic rings. The molecule has 0 spiro atoms. The largest absolute Gasteiger partial charge is 0.547 e. The van der Waals surface area contributed by atoms with Gasteiger partial charge in [0.15, 0.2) is 0 Å². The van der Waals surface area contributed by atoms with Crippen molar-refractivity contribution in [3.05, 3.63) is 40.7 Å². The summed E-state index contributed by atoms with van der Waals surface area (Å²) < 4.78 is 5.44. The molecule has 0 unspecified atom stereocenters. The third kappa shape index (κ3) is 5.47. The Morgan fingerprint density at radius 3 is 2.61 bits per heavy atom. The minimum atomic E-state index is -1.34. The first kappa shape index (κ1) is 22.9. The van der Waals surface area contributed by atoms with E-state index in [4.69, 9.17) is 4.65 Å². The van der Waals surface area contributed by atoms with Gasteiger partial charge >= 0.3 is 13.1 Å². The zero-order valence-corrected chi connectivity index (χ0v) is 18.2. The number of nitrogens with zero attached hydrogens (tertiary/aromatic N) is 3. The Hall–Kier alpha value is -2.80. The molecule has 0 radical (unpaired) electrons. The second-order valence-corrected chi connectivity index (χ2v) is 8.21. The fourth-order valence-electron chi connectivity index (χ4n) is 3.61. The van der Waals surface area contributed by atoms with Crippen molar-refractivity contribution in [1.29, 1.82) is 0 Å². The second-order valence-electron chi connectivity index (χ2n) is 8.21. The lowest BCUT2D eigenvalue weighted by molar-refractivity contribution is -0.122. The molecule has 0 fully saturated rings. The predicted octanol–water partition coefficient (Wildman–Crippen LogP) is -1.52. The first-order valence-corrected chi connectivity index (χ1v) is 9.95. The van der Waals surface area contributed by atoms with Gasteiger partial charge in [-0.3, -0.25) is 9.80 Å². The average Bonchev–Trinajstić information content (AvgIpc) is 3.01. The van der Waals surface area contributed by atoms with Gasteiger partial charge in [0.05, 0.1) is 22.9 Å². The van der Waals surface area contributed by atoms with E-state index in [1.807, 2.05) is 38.0 Å². The number of benzene rings is 1. The average molecular weight is 432 g/mol. The molecule has 5 N–H and O–H groups in total. The van der Waals surface area contributed by atoms with Gasteiger partial charge in [0.25, 0.3) is 0 Å². The van der Waals surface area contributed by atoms with Crippen molar-refractivity contribution in [2.24, 2.45) is 0 Å². The Kier molecular flexibility index (Phi) is 7.06. The van der Waals surface area contributed by atoms with Crippen LogP contribution in [0.2, 0.25) is 0 Å². The van der Waals surface area contributed by atoms with E-state index in [-0.39, 0.29) is 30.2 Å². The molecular formula is C19H29BN6O5. The first-order valence-electron chi connectivity index (χ1n) is 9.95. The van der Waals surface area contributed by atoms with Crippen molar-refractivity contribution in [3.63, 3.8) is 0 Å². The number of para-hydroxylation sites is 1. The molecule has 168 valence electrons. The minimum absolute atomic E-state index is 0.0134. The number of amides is 1. The molecule has 1 aromatic rings. The summed E-state index contributed by atoms with van der Waals surface area (Å²) in [6.45, 7) is 1.35. The van der Waals surface area contributed by atoms with Gasteiger partial charge in [0.1, 0.15) is 12.3 Å². The summed E-state index contributed by atoms with van der Waals surface area (Å²) in [6, 6.07) is 4.76. The molecule has 0 saturated heterocycles. The Morgan fingerprint density at radius 2 is 1.97 bits per heavy atom. The number of carboxylic acids is 1. The Labute approximate surface area is 181 Å². The van der Waals surface area contributed by atoms with Gasteiger partial charge in [0.2, 0.25) is 5.91 Å². The van der Waals surface area contributed by atoms with Crippen LogP contribution < -0.4 is 20.9 Å². The van der Waals surface area contributed by atoms with Gasteiger partial charge in [0, 0.05) is 13.1 Å². The molecule has 0 aliphatic carbocycles. The van der Waals surface area contributed by atoms with E-state index in [0.717, 1.165) is 11.4 Å². The number of hydrogen-bond acceptors (Lipinski definition) is 9.